The zero-order valence-electron chi connectivity index (χ0n) is 12.1. The minimum absolute atomic E-state index is 0.164. The molecule has 1 saturated heterocycles. The Labute approximate surface area is 116 Å². The van der Waals surface area contributed by atoms with Crippen molar-refractivity contribution in [2.45, 2.75) is 46.5 Å². The van der Waals surface area contributed by atoms with Gasteiger partial charge in [0.2, 0.25) is 10.0 Å². The van der Waals surface area contributed by atoms with Gasteiger partial charge in [-0.2, -0.15) is 0 Å². The molecular weight excluding hydrogens is 266 g/mol. The van der Waals surface area contributed by atoms with Gasteiger partial charge in [-0.1, -0.05) is 20.8 Å². The first kappa shape index (κ1) is 16.4. The van der Waals surface area contributed by atoms with Crippen LogP contribution in [0.5, 0.6) is 0 Å². The van der Waals surface area contributed by atoms with Gasteiger partial charge in [0.1, 0.15) is 0 Å². The molecule has 0 aromatic carbocycles. The molecule has 0 spiro atoms. The molecule has 0 aliphatic carbocycles. The van der Waals surface area contributed by atoms with E-state index in [0.717, 1.165) is 0 Å². The van der Waals surface area contributed by atoms with E-state index in [1.165, 1.54) is 4.31 Å². The molecule has 112 valence electrons. The Morgan fingerprint density at radius 2 is 1.84 bits per heavy atom. The van der Waals surface area contributed by atoms with Crippen LogP contribution in [0.25, 0.3) is 0 Å². The second kappa shape index (κ2) is 6.22. The third-order valence-corrected chi connectivity index (χ3v) is 6.06. The molecule has 0 saturated carbocycles. The fourth-order valence-corrected chi connectivity index (χ4v) is 4.19. The normalized spacial score (nSPS) is 20.6. The van der Waals surface area contributed by atoms with Crippen LogP contribution in [0, 0.1) is 11.3 Å². The number of sulfonamides is 1. The molecule has 0 atom stereocenters. The van der Waals surface area contributed by atoms with Crippen LogP contribution in [0.4, 0.5) is 0 Å². The molecule has 1 aliphatic rings. The number of nitrogens with zero attached hydrogens (tertiary/aromatic N) is 1. The van der Waals surface area contributed by atoms with Crippen molar-refractivity contribution in [1.82, 2.24) is 4.31 Å². The minimum Gasteiger partial charge on any atom is -0.481 e. The highest BCUT2D eigenvalue weighted by Crippen LogP contribution is 2.36. The molecule has 0 radical (unpaired) electrons. The second-order valence-electron chi connectivity index (χ2n) is 5.84. The molecular formula is C13H25NO4S. The average molecular weight is 291 g/mol. The first-order valence-electron chi connectivity index (χ1n) is 6.95. The van der Waals surface area contributed by atoms with Gasteiger partial charge in [0.05, 0.1) is 11.2 Å². The van der Waals surface area contributed by atoms with Gasteiger partial charge in [-0.3, -0.25) is 4.79 Å². The molecule has 1 aliphatic heterocycles. The molecule has 1 N–H and O–H groups in total. The maximum atomic E-state index is 12.1. The molecule has 0 amide bonds. The fraction of sp³-hybridized carbons (Fsp3) is 0.923. The van der Waals surface area contributed by atoms with Crippen molar-refractivity contribution >= 4 is 16.0 Å². The lowest BCUT2D eigenvalue weighted by Crippen LogP contribution is -2.46. The van der Waals surface area contributed by atoms with Gasteiger partial charge >= 0.3 is 5.97 Å². The second-order valence-corrected chi connectivity index (χ2v) is 7.93. The topological polar surface area (TPSA) is 74.7 Å². The Bertz CT molecular complexity index is 408. The van der Waals surface area contributed by atoms with E-state index in [-0.39, 0.29) is 5.75 Å². The lowest BCUT2D eigenvalue weighted by molar-refractivity contribution is -0.151. The van der Waals surface area contributed by atoms with Crippen molar-refractivity contribution in [1.29, 1.82) is 0 Å². The van der Waals surface area contributed by atoms with Crippen molar-refractivity contribution in [2.24, 2.45) is 11.3 Å². The summed E-state index contributed by atoms with van der Waals surface area (Å²) >= 11 is 0. The number of rotatable bonds is 6. The number of aliphatic carboxylic acids is 1. The summed E-state index contributed by atoms with van der Waals surface area (Å²) < 4.78 is 25.7. The molecule has 19 heavy (non-hydrogen) atoms. The molecule has 5 nitrogen and oxygen atoms in total. The third kappa shape index (κ3) is 3.92. The van der Waals surface area contributed by atoms with Crippen molar-refractivity contribution in [3.63, 3.8) is 0 Å². The number of carboxylic acid groups (broad SMARTS) is 1. The lowest BCUT2D eigenvalue weighted by atomic mass is 9.77. The van der Waals surface area contributed by atoms with Gasteiger partial charge in [-0.25, -0.2) is 12.7 Å². The van der Waals surface area contributed by atoms with Gasteiger partial charge in [0.25, 0.3) is 0 Å². The van der Waals surface area contributed by atoms with E-state index in [4.69, 9.17) is 0 Å². The Morgan fingerprint density at radius 1 is 1.32 bits per heavy atom. The number of carboxylic acids is 1. The largest absolute Gasteiger partial charge is 0.481 e. The monoisotopic (exact) mass is 291 g/mol. The van der Waals surface area contributed by atoms with Crippen LogP contribution in [0.2, 0.25) is 0 Å². The Hall–Kier alpha value is -0.620. The summed E-state index contributed by atoms with van der Waals surface area (Å²) in [5.74, 6) is -0.279. The van der Waals surface area contributed by atoms with E-state index >= 15 is 0 Å². The number of hydrogen-bond acceptors (Lipinski definition) is 3. The van der Waals surface area contributed by atoms with Crippen LogP contribution in [0.15, 0.2) is 0 Å². The van der Waals surface area contributed by atoms with E-state index < -0.39 is 21.4 Å². The molecule has 1 heterocycles. The zero-order chi connectivity index (χ0) is 14.7. The summed E-state index contributed by atoms with van der Waals surface area (Å²) in [4.78, 5) is 11.3. The molecule has 0 bridgehead atoms. The van der Waals surface area contributed by atoms with Crippen LogP contribution >= 0.6 is 0 Å². The van der Waals surface area contributed by atoms with Crippen molar-refractivity contribution in [3.05, 3.63) is 0 Å². The maximum Gasteiger partial charge on any atom is 0.309 e. The van der Waals surface area contributed by atoms with Crippen LogP contribution in [0.1, 0.15) is 46.5 Å². The number of carbonyl (C=O) groups is 1. The summed E-state index contributed by atoms with van der Waals surface area (Å²) in [5, 5.41) is 9.29. The maximum absolute atomic E-state index is 12.1. The van der Waals surface area contributed by atoms with Gasteiger partial charge in [0.15, 0.2) is 0 Å². The Balaban J connectivity index is 2.65. The summed E-state index contributed by atoms with van der Waals surface area (Å²) in [6.45, 7) is 6.52. The van der Waals surface area contributed by atoms with Crippen molar-refractivity contribution in [2.75, 3.05) is 18.8 Å². The van der Waals surface area contributed by atoms with Crippen molar-refractivity contribution < 1.29 is 18.3 Å². The van der Waals surface area contributed by atoms with Gasteiger partial charge in [0, 0.05) is 13.1 Å². The first-order chi connectivity index (χ1) is 8.73. The van der Waals surface area contributed by atoms with E-state index in [0.29, 0.717) is 44.7 Å². The number of hydrogen-bond donors (Lipinski definition) is 1. The zero-order valence-corrected chi connectivity index (χ0v) is 12.9. The van der Waals surface area contributed by atoms with E-state index in [1.807, 2.05) is 20.8 Å². The smallest absolute Gasteiger partial charge is 0.309 e. The van der Waals surface area contributed by atoms with E-state index in [1.54, 1.807) is 0 Å². The molecule has 1 fully saturated rings. The SMILES string of the molecule is CCC1(C(=O)O)CCN(S(=O)(=O)CCC(C)C)CC1. The summed E-state index contributed by atoms with van der Waals surface area (Å²) in [5.41, 5.74) is -0.732. The summed E-state index contributed by atoms with van der Waals surface area (Å²) in [6.07, 6.45) is 2.04. The Morgan fingerprint density at radius 3 is 2.21 bits per heavy atom. The predicted octanol–water partition coefficient (Wildman–Crippen LogP) is 1.94. The van der Waals surface area contributed by atoms with E-state index in [2.05, 4.69) is 0 Å². The Kier molecular flexibility index (Phi) is 5.38. The van der Waals surface area contributed by atoms with Crippen LogP contribution in [-0.2, 0) is 14.8 Å². The first-order valence-corrected chi connectivity index (χ1v) is 8.55. The minimum atomic E-state index is -3.22. The highest BCUT2D eigenvalue weighted by atomic mass is 32.2. The number of piperidine rings is 1. The van der Waals surface area contributed by atoms with Gasteiger partial charge < -0.3 is 5.11 Å². The van der Waals surface area contributed by atoms with Crippen molar-refractivity contribution in [3.8, 4) is 0 Å². The van der Waals surface area contributed by atoms with Crippen LogP contribution < -0.4 is 0 Å². The quantitative estimate of drug-likeness (QED) is 0.811. The summed E-state index contributed by atoms with van der Waals surface area (Å²) in [7, 11) is -3.22. The van der Waals surface area contributed by atoms with Crippen LogP contribution in [-0.4, -0.2) is 42.6 Å². The highest BCUT2D eigenvalue weighted by Gasteiger charge is 2.42. The fourth-order valence-electron chi connectivity index (χ4n) is 2.42. The summed E-state index contributed by atoms with van der Waals surface area (Å²) in [6, 6.07) is 0. The molecule has 0 aromatic heterocycles. The molecule has 0 unspecified atom stereocenters. The van der Waals surface area contributed by atoms with Gasteiger partial charge in [-0.05, 0) is 31.6 Å². The molecule has 6 heteroatoms. The lowest BCUT2D eigenvalue weighted by Gasteiger charge is -2.37. The highest BCUT2D eigenvalue weighted by molar-refractivity contribution is 7.89. The average Bonchev–Trinajstić information content (AvgIpc) is 2.36. The molecule has 0 aromatic rings. The van der Waals surface area contributed by atoms with Crippen LogP contribution in [0.3, 0.4) is 0 Å². The molecule has 1 rings (SSSR count). The predicted molar refractivity (Wildman–Crippen MR) is 74.4 cm³/mol. The third-order valence-electron chi connectivity index (χ3n) is 4.16. The van der Waals surface area contributed by atoms with Gasteiger partial charge in [-0.15, -0.1) is 0 Å². The standard InChI is InChI=1S/C13H25NO4S/c1-4-13(12(15)16)6-8-14(9-7-13)19(17,18)10-5-11(2)3/h11H,4-10H2,1-3H3,(H,15,16). The van der Waals surface area contributed by atoms with E-state index in [9.17, 15) is 18.3 Å².